The summed E-state index contributed by atoms with van der Waals surface area (Å²) < 4.78 is 5.28. The number of benzene rings is 1. The second kappa shape index (κ2) is 14.9. The minimum atomic E-state index is -0.841. The summed E-state index contributed by atoms with van der Waals surface area (Å²) in [6.45, 7) is 2.63. The molecule has 3 amide bonds. The Balaban J connectivity index is 1.34. The molecule has 3 aliphatic rings. The Hall–Kier alpha value is -3.40. The molecule has 2 heterocycles. The van der Waals surface area contributed by atoms with Crippen LogP contribution < -0.4 is 10.1 Å². The average molecular weight is 594 g/mol. The van der Waals surface area contributed by atoms with Gasteiger partial charge >= 0.3 is 0 Å². The molecule has 2 aliphatic carbocycles. The van der Waals surface area contributed by atoms with Crippen LogP contribution in [0.4, 0.5) is 0 Å². The van der Waals surface area contributed by atoms with E-state index in [9.17, 15) is 19.2 Å². The van der Waals surface area contributed by atoms with Crippen LogP contribution in [0, 0.1) is 0 Å². The van der Waals surface area contributed by atoms with E-state index >= 15 is 0 Å². The van der Waals surface area contributed by atoms with E-state index in [1.165, 1.54) is 31.9 Å². The first kappa shape index (κ1) is 31.0. The molecule has 1 saturated heterocycles. The molecule has 1 aliphatic heterocycles. The van der Waals surface area contributed by atoms with Crippen molar-refractivity contribution in [3.05, 3.63) is 30.0 Å². The number of fused-ring (bicyclic) bond motifs is 1. The van der Waals surface area contributed by atoms with Crippen molar-refractivity contribution in [3.63, 3.8) is 0 Å². The molecule has 234 valence electrons. The minimum Gasteiger partial charge on any atom is -0.497 e. The molecule has 0 atom stereocenters. The Kier molecular flexibility index (Phi) is 10.7. The van der Waals surface area contributed by atoms with E-state index in [1.54, 1.807) is 25.3 Å². The average Bonchev–Trinajstić information content (AvgIpc) is 3.71. The topological polar surface area (TPSA) is 115 Å². The molecule has 43 heavy (non-hydrogen) atoms. The van der Waals surface area contributed by atoms with Gasteiger partial charge in [0.05, 0.1) is 12.7 Å². The normalized spacial score (nSPS) is 18.4. The molecule has 0 bridgehead atoms. The zero-order chi connectivity index (χ0) is 30.2. The van der Waals surface area contributed by atoms with E-state index in [0.29, 0.717) is 23.2 Å². The lowest BCUT2D eigenvalue weighted by atomic mass is 9.88. The standard InChI is InChI=1S/C33H47N5O5/c1-43-26-14-15-27-28(21-35-29(27)20-26)32(41)33(42)37(22-30(39)34-16-19-36-17-8-9-18-36)23-31(40)38(24-10-4-2-5-11-24)25-12-6-3-7-13-25/h14-15,20-21,24-25,35H,2-13,16-19,22-23H2,1H3,(H,34,39). The first-order chi connectivity index (χ1) is 20.9. The van der Waals surface area contributed by atoms with Crippen molar-refractivity contribution in [1.82, 2.24) is 25.0 Å². The minimum absolute atomic E-state index is 0.148. The lowest BCUT2D eigenvalue weighted by Crippen LogP contribution is -2.54. The van der Waals surface area contributed by atoms with Gasteiger partial charge in [0.15, 0.2) is 0 Å². The van der Waals surface area contributed by atoms with E-state index in [0.717, 1.165) is 75.9 Å². The Bertz CT molecular complexity index is 1260. The number of aromatic nitrogens is 1. The van der Waals surface area contributed by atoms with E-state index in [1.807, 2.05) is 4.90 Å². The molecule has 1 aromatic heterocycles. The highest BCUT2D eigenvalue weighted by Gasteiger charge is 2.36. The molecule has 0 unspecified atom stereocenters. The maximum Gasteiger partial charge on any atom is 0.295 e. The zero-order valence-electron chi connectivity index (χ0n) is 25.6. The number of carbonyl (C=O) groups excluding carboxylic acids is 4. The Morgan fingerprint density at radius 2 is 1.56 bits per heavy atom. The Morgan fingerprint density at radius 3 is 2.19 bits per heavy atom. The van der Waals surface area contributed by atoms with Crippen LogP contribution in [0.3, 0.4) is 0 Å². The van der Waals surface area contributed by atoms with Crippen LogP contribution in [0.1, 0.15) is 87.4 Å². The van der Waals surface area contributed by atoms with Gasteiger partial charge in [-0.25, -0.2) is 0 Å². The first-order valence-corrected chi connectivity index (χ1v) is 16.2. The first-order valence-electron chi connectivity index (χ1n) is 16.2. The number of rotatable bonds is 12. The van der Waals surface area contributed by atoms with E-state index < -0.39 is 11.7 Å². The fourth-order valence-corrected chi connectivity index (χ4v) is 7.14. The summed E-state index contributed by atoms with van der Waals surface area (Å²) in [5, 5.41) is 3.50. The third-order valence-electron chi connectivity index (χ3n) is 9.45. The van der Waals surface area contributed by atoms with Crippen molar-refractivity contribution in [2.45, 2.75) is 89.1 Å². The van der Waals surface area contributed by atoms with E-state index in [-0.39, 0.29) is 42.6 Å². The number of hydrogen-bond donors (Lipinski definition) is 2. The predicted molar refractivity (Wildman–Crippen MR) is 165 cm³/mol. The number of nitrogens with zero attached hydrogens (tertiary/aromatic N) is 3. The quantitative estimate of drug-likeness (QED) is 0.285. The summed E-state index contributed by atoms with van der Waals surface area (Å²) in [5.41, 5.74) is 0.879. The van der Waals surface area contributed by atoms with Gasteiger partial charge in [-0.2, -0.15) is 0 Å². The SMILES string of the molecule is COc1ccc2c(C(=O)C(=O)N(CC(=O)NCCN3CCCC3)CC(=O)N(C3CCCCC3)C3CCCCC3)c[nH]c2c1. The fraction of sp³-hybridized carbons (Fsp3) is 0.636. The van der Waals surface area contributed by atoms with Gasteiger partial charge in [0.25, 0.3) is 11.7 Å². The highest BCUT2D eigenvalue weighted by atomic mass is 16.5. The molecule has 10 heteroatoms. The van der Waals surface area contributed by atoms with Crippen LogP contribution in [0.5, 0.6) is 5.75 Å². The summed E-state index contributed by atoms with van der Waals surface area (Å²) in [6.07, 6.45) is 14.4. The Morgan fingerprint density at radius 1 is 0.907 bits per heavy atom. The lowest BCUT2D eigenvalue weighted by Gasteiger charge is -2.42. The maximum atomic E-state index is 14.1. The van der Waals surface area contributed by atoms with Gasteiger partial charge in [0.2, 0.25) is 11.8 Å². The number of aromatic amines is 1. The summed E-state index contributed by atoms with van der Waals surface area (Å²) in [6, 6.07) is 5.53. The fourth-order valence-electron chi connectivity index (χ4n) is 7.14. The van der Waals surface area contributed by atoms with Crippen molar-refractivity contribution in [1.29, 1.82) is 0 Å². The van der Waals surface area contributed by atoms with Crippen molar-refractivity contribution in [2.24, 2.45) is 0 Å². The molecule has 2 saturated carbocycles. The van der Waals surface area contributed by atoms with Crippen LogP contribution >= 0.6 is 0 Å². The second-order valence-electron chi connectivity index (χ2n) is 12.4. The number of hydrogen-bond acceptors (Lipinski definition) is 6. The molecule has 1 aromatic carbocycles. The highest BCUT2D eigenvalue weighted by Crippen LogP contribution is 2.31. The predicted octanol–water partition coefficient (Wildman–Crippen LogP) is 3.89. The summed E-state index contributed by atoms with van der Waals surface area (Å²) in [5.74, 6) is -1.47. The zero-order valence-corrected chi connectivity index (χ0v) is 25.6. The third-order valence-corrected chi connectivity index (χ3v) is 9.45. The number of carbonyl (C=O) groups is 4. The number of ketones is 1. The van der Waals surface area contributed by atoms with Gasteiger partial charge in [-0.3, -0.25) is 19.2 Å². The summed E-state index contributed by atoms with van der Waals surface area (Å²) in [4.78, 5) is 63.2. The molecule has 5 rings (SSSR count). The number of likely N-dealkylation sites (tertiary alicyclic amines) is 1. The third kappa shape index (κ3) is 7.77. The molecule has 3 fully saturated rings. The Labute approximate surface area is 254 Å². The molecular weight excluding hydrogens is 546 g/mol. The lowest BCUT2D eigenvalue weighted by molar-refractivity contribution is -0.144. The molecule has 10 nitrogen and oxygen atoms in total. The monoisotopic (exact) mass is 593 g/mol. The molecule has 2 aromatic rings. The largest absolute Gasteiger partial charge is 0.497 e. The number of nitrogens with one attached hydrogen (secondary N) is 2. The second-order valence-corrected chi connectivity index (χ2v) is 12.4. The number of methoxy groups -OCH3 is 1. The van der Waals surface area contributed by atoms with Gasteiger partial charge in [-0.15, -0.1) is 0 Å². The smallest absolute Gasteiger partial charge is 0.295 e. The van der Waals surface area contributed by atoms with Gasteiger partial charge in [0.1, 0.15) is 18.8 Å². The maximum absolute atomic E-state index is 14.1. The van der Waals surface area contributed by atoms with Crippen LogP contribution in [0.15, 0.2) is 24.4 Å². The van der Waals surface area contributed by atoms with E-state index in [4.69, 9.17) is 4.74 Å². The van der Waals surface area contributed by atoms with Crippen molar-refractivity contribution < 1.29 is 23.9 Å². The van der Waals surface area contributed by atoms with E-state index in [2.05, 4.69) is 15.2 Å². The van der Waals surface area contributed by atoms with Crippen LogP contribution in [0.25, 0.3) is 10.9 Å². The van der Waals surface area contributed by atoms with Gasteiger partial charge in [-0.1, -0.05) is 38.5 Å². The molecular formula is C33H47N5O5. The van der Waals surface area contributed by atoms with Crippen molar-refractivity contribution in [2.75, 3.05) is 46.4 Å². The number of H-pyrrole nitrogens is 1. The summed E-state index contributed by atoms with van der Waals surface area (Å²) in [7, 11) is 1.56. The van der Waals surface area contributed by atoms with Gasteiger partial charge < -0.3 is 29.7 Å². The van der Waals surface area contributed by atoms with Crippen molar-refractivity contribution >= 4 is 34.4 Å². The van der Waals surface area contributed by atoms with Crippen LogP contribution in [-0.2, 0) is 14.4 Å². The number of ether oxygens (including phenoxy) is 1. The van der Waals surface area contributed by atoms with Gasteiger partial charge in [0, 0.05) is 48.3 Å². The highest BCUT2D eigenvalue weighted by molar-refractivity contribution is 6.45. The van der Waals surface area contributed by atoms with Crippen LogP contribution in [-0.4, -0.2) is 102 Å². The number of amides is 3. The van der Waals surface area contributed by atoms with Crippen molar-refractivity contribution in [3.8, 4) is 5.75 Å². The molecule has 2 N–H and O–H groups in total. The number of Topliss-reactive ketones (excluding diaryl/α,β-unsaturated/α-hetero) is 1. The summed E-state index contributed by atoms with van der Waals surface area (Å²) >= 11 is 0. The van der Waals surface area contributed by atoms with Crippen LogP contribution in [0.2, 0.25) is 0 Å². The van der Waals surface area contributed by atoms with Gasteiger partial charge in [-0.05, 0) is 63.7 Å². The molecule has 0 spiro atoms. The molecule has 0 radical (unpaired) electrons.